The zero-order valence-corrected chi connectivity index (χ0v) is 9.14. The molecule has 58 valence electrons. The molecule has 0 N–H and O–H groups in total. The van der Waals surface area contributed by atoms with Gasteiger partial charge < -0.3 is 0 Å². The second kappa shape index (κ2) is 4.42. The SMILES string of the molecule is F[I-]c1cccc([I-]F)c1. The first-order chi connectivity index (χ1) is 4.86. The van der Waals surface area contributed by atoms with Crippen LogP contribution in [-0.2, 0) is 0 Å². The molecule has 1 rings (SSSR count). The molecular formula is C6H4F2I2-2. The zero-order valence-electron chi connectivity index (χ0n) is 4.82. The first kappa shape index (κ1) is 8.63. The molecule has 1 aromatic carbocycles. The first-order valence-corrected chi connectivity index (χ1v) is 6.27. The van der Waals surface area contributed by atoms with Crippen molar-refractivity contribution in [3.63, 3.8) is 0 Å². The van der Waals surface area contributed by atoms with E-state index >= 15 is 0 Å². The molecule has 0 spiro atoms. The Hall–Kier alpha value is 0.540. The van der Waals surface area contributed by atoms with Gasteiger partial charge in [0.05, 0.1) is 0 Å². The second-order valence-electron chi connectivity index (χ2n) is 1.58. The Bertz CT molecular complexity index is 195. The predicted molar refractivity (Wildman–Crippen MR) is 26.1 cm³/mol. The maximum absolute atomic E-state index is 12.0. The van der Waals surface area contributed by atoms with Crippen LogP contribution in [0.25, 0.3) is 0 Å². The summed E-state index contributed by atoms with van der Waals surface area (Å²) in [5, 5.41) is 0. The second-order valence-corrected chi connectivity index (χ2v) is 4.89. The summed E-state index contributed by atoms with van der Waals surface area (Å²) in [7, 11) is 0. The van der Waals surface area contributed by atoms with Crippen molar-refractivity contribution in [1.29, 1.82) is 0 Å². The van der Waals surface area contributed by atoms with Crippen LogP contribution < -0.4 is 43.6 Å². The molecule has 0 aliphatic rings. The molecule has 0 radical (unpaired) electrons. The van der Waals surface area contributed by atoms with Crippen molar-refractivity contribution in [2.24, 2.45) is 0 Å². The van der Waals surface area contributed by atoms with Gasteiger partial charge in [-0.3, -0.25) is 0 Å². The summed E-state index contributed by atoms with van der Waals surface area (Å²) in [5.74, 6) is 0. The summed E-state index contributed by atoms with van der Waals surface area (Å²) in [6, 6.07) is 6.75. The standard InChI is InChI=1S/C6H4F2I2/c7-9-5-2-1-3-6(4-5)10-8/h1-4H/q-2. The van der Waals surface area contributed by atoms with E-state index in [0.29, 0.717) is 7.14 Å². The molecule has 0 amide bonds. The van der Waals surface area contributed by atoms with Gasteiger partial charge in [0.15, 0.2) is 0 Å². The van der Waals surface area contributed by atoms with Gasteiger partial charge >= 0.3 is 80.7 Å². The third kappa shape index (κ3) is 2.30. The zero-order chi connectivity index (χ0) is 7.40. The van der Waals surface area contributed by atoms with E-state index in [9.17, 15) is 5.72 Å². The quantitative estimate of drug-likeness (QED) is 0.467. The van der Waals surface area contributed by atoms with Gasteiger partial charge in [0, 0.05) is 0 Å². The van der Waals surface area contributed by atoms with Gasteiger partial charge in [-0.25, -0.2) is 0 Å². The van der Waals surface area contributed by atoms with Crippen LogP contribution >= 0.6 is 0 Å². The number of benzene rings is 1. The van der Waals surface area contributed by atoms with Crippen molar-refractivity contribution in [2.45, 2.75) is 0 Å². The normalized spacial score (nSPS) is 10.6. The van der Waals surface area contributed by atoms with Gasteiger partial charge in [-0.2, -0.15) is 0 Å². The summed E-state index contributed by atoms with van der Waals surface area (Å²) in [4.78, 5) is 0. The molecule has 0 saturated carbocycles. The van der Waals surface area contributed by atoms with E-state index in [4.69, 9.17) is 0 Å². The topological polar surface area (TPSA) is 0 Å². The Morgan fingerprint density at radius 3 is 1.90 bits per heavy atom. The van der Waals surface area contributed by atoms with E-state index in [2.05, 4.69) is 0 Å². The van der Waals surface area contributed by atoms with Crippen molar-refractivity contribution in [1.82, 2.24) is 0 Å². The van der Waals surface area contributed by atoms with Crippen LogP contribution in [0.4, 0.5) is 5.72 Å². The van der Waals surface area contributed by atoms with Gasteiger partial charge in [-0.05, 0) is 0 Å². The Morgan fingerprint density at radius 1 is 1.00 bits per heavy atom. The summed E-state index contributed by atoms with van der Waals surface area (Å²) in [6.07, 6.45) is 0. The molecular weight excluding hydrogens is 364 g/mol. The Morgan fingerprint density at radius 2 is 1.50 bits per heavy atom. The molecule has 0 heterocycles. The molecule has 0 unspecified atom stereocenters. The minimum atomic E-state index is -1.36. The summed E-state index contributed by atoms with van der Waals surface area (Å²) >= 11 is -2.73. The van der Waals surface area contributed by atoms with Crippen LogP contribution in [0.5, 0.6) is 0 Å². The molecule has 0 aliphatic carbocycles. The molecule has 0 bridgehead atoms. The Kier molecular flexibility index (Phi) is 3.82. The molecule has 1 aromatic rings. The third-order valence-corrected chi connectivity index (χ3v) is 3.24. The maximum atomic E-state index is 12.0. The Balaban J connectivity index is 2.87. The van der Waals surface area contributed by atoms with E-state index in [-0.39, 0.29) is 0 Å². The molecule has 10 heavy (non-hydrogen) atoms. The number of hydrogen-bond acceptors (Lipinski definition) is 0. The van der Waals surface area contributed by atoms with E-state index in [1.54, 1.807) is 24.3 Å². The number of hydrogen-bond donors (Lipinski definition) is 0. The van der Waals surface area contributed by atoms with Crippen LogP contribution in [0.15, 0.2) is 24.3 Å². The fourth-order valence-corrected chi connectivity index (χ4v) is 2.74. The van der Waals surface area contributed by atoms with E-state index in [1.807, 2.05) is 0 Å². The van der Waals surface area contributed by atoms with Crippen molar-refractivity contribution in [3.05, 3.63) is 31.4 Å². The van der Waals surface area contributed by atoms with Crippen molar-refractivity contribution < 1.29 is 49.3 Å². The third-order valence-electron chi connectivity index (χ3n) is 0.952. The van der Waals surface area contributed by atoms with E-state index < -0.39 is 43.6 Å². The van der Waals surface area contributed by atoms with Crippen LogP contribution in [-0.4, -0.2) is 0 Å². The first-order valence-electron chi connectivity index (χ1n) is 2.49. The molecule has 0 saturated heterocycles. The van der Waals surface area contributed by atoms with Crippen molar-refractivity contribution in [2.75, 3.05) is 0 Å². The van der Waals surface area contributed by atoms with Gasteiger partial charge in [0.25, 0.3) is 0 Å². The average molecular weight is 368 g/mol. The fourth-order valence-electron chi connectivity index (χ4n) is 0.549. The van der Waals surface area contributed by atoms with Gasteiger partial charge in [-0.1, -0.05) is 0 Å². The van der Waals surface area contributed by atoms with Crippen molar-refractivity contribution in [3.8, 4) is 0 Å². The minimum absolute atomic E-state index is 0.675. The average Bonchev–Trinajstić information content (AvgIpc) is 2.05. The summed E-state index contributed by atoms with van der Waals surface area (Å²) in [5.41, 5.74) is 0. The molecule has 0 nitrogen and oxygen atoms in total. The monoisotopic (exact) mass is 368 g/mol. The fraction of sp³-hybridized carbons (Fsp3) is 0. The van der Waals surface area contributed by atoms with Gasteiger partial charge in [-0.15, -0.1) is 0 Å². The number of rotatable bonds is 2. The van der Waals surface area contributed by atoms with Crippen LogP contribution in [0.1, 0.15) is 0 Å². The Labute approximate surface area is 80.1 Å². The summed E-state index contributed by atoms with van der Waals surface area (Å²) < 4.78 is 25.4. The molecule has 4 heteroatoms. The molecule has 0 aromatic heterocycles. The van der Waals surface area contributed by atoms with Crippen molar-refractivity contribution >= 4 is 0 Å². The molecule has 0 atom stereocenters. The van der Waals surface area contributed by atoms with Crippen LogP contribution in [0.3, 0.4) is 0 Å². The van der Waals surface area contributed by atoms with Gasteiger partial charge in [0.2, 0.25) is 0 Å². The van der Waals surface area contributed by atoms with E-state index in [1.165, 1.54) is 0 Å². The number of halogens is 4. The van der Waals surface area contributed by atoms with Crippen LogP contribution in [0, 0.1) is 7.14 Å². The summed E-state index contributed by atoms with van der Waals surface area (Å²) in [6.45, 7) is 0. The predicted octanol–water partition coefficient (Wildman–Crippen LogP) is -4.03. The van der Waals surface area contributed by atoms with Crippen LogP contribution in [0.2, 0.25) is 0 Å². The molecule has 0 aliphatic heterocycles. The van der Waals surface area contributed by atoms with E-state index in [0.717, 1.165) is 0 Å². The van der Waals surface area contributed by atoms with Gasteiger partial charge in [0.1, 0.15) is 0 Å². The molecule has 0 fully saturated rings.